The molecule has 2 aromatic heterocycles. The Morgan fingerprint density at radius 2 is 2.15 bits per heavy atom. The number of benzene rings is 1. The zero-order valence-electron chi connectivity index (χ0n) is 14.0. The molecule has 9 heteroatoms. The van der Waals surface area contributed by atoms with Gasteiger partial charge in [0.25, 0.3) is 0 Å². The molecule has 0 fully saturated rings. The normalized spacial score (nSPS) is 16.9. The van der Waals surface area contributed by atoms with Crippen LogP contribution in [-0.2, 0) is 11.8 Å². The average molecular weight is 375 g/mol. The van der Waals surface area contributed by atoms with Crippen LogP contribution in [0.5, 0.6) is 0 Å². The number of aryl methyl sites for hydroxylation is 2. The highest BCUT2D eigenvalue weighted by atomic mass is 32.2. The number of halogens is 2. The lowest BCUT2D eigenvalue weighted by Crippen LogP contribution is -2.16. The largest absolute Gasteiger partial charge is 0.310 e. The summed E-state index contributed by atoms with van der Waals surface area (Å²) in [5, 5.41) is 11.3. The highest BCUT2D eigenvalue weighted by Gasteiger charge is 2.31. The van der Waals surface area contributed by atoms with Gasteiger partial charge in [-0.25, -0.2) is 13.5 Å². The van der Waals surface area contributed by atoms with Crippen LogP contribution in [0, 0.1) is 18.6 Å². The zero-order chi connectivity index (χ0) is 18.4. The number of hydrogen-bond donors (Lipinski definition) is 1. The number of nitrogens with one attached hydrogen (secondary N) is 1. The van der Waals surface area contributed by atoms with Crippen LogP contribution in [0.4, 0.5) is 14.6 Å². The van der Waals surface area contributed by atoms with Crippen molar-refractivity contribution in [2.24, 2.45) is 7.05 Å². The Kier molecular flexibility index (Phi) is 4.03. The van der Waals surface area contributed by atoms with Crippen LogP contribution in [0.2, 0.25) is 0 Å². The van der Waals surface area contributed by atoms with Crippen molar-refractivity contribution in [3.63, 3.8) is 0 Å². The third-order valence-corrected chi connectivity index (χ3v) is 5.44. The molecule has 6 nitrogen and oxygen atoms in total. The van der Waals surface area contributed by atoms with Crippen LogP contribution >= 0.6 is 11.8 Å². The molecule has 1 atom stereocenters. The first-order valence-corrected chi connectivity index (χ1v) is 8.94. The Labute approximate surface area is 152 Å². The van der Waals surface area contributed by atoms with E-state index in [4.69, 9.17) is 0 Å². The first kappa shape index (κ1) is 16.8. The van der Waals surface area contributed by atoms with E-state index in [9.17, 15) is 13.6 Å². The van der Waals surface area contributed by atoms with Gasteiger partial charge in [-0.3, -0.25) is 9.48 Å². The molecule has 1 aliphatic rings. The molecule has 1 aromatic carbocycles. The lowest BCUT2D eigenvalue weighted by atomic mass is 10.1. The number of carbonyl (C=O) groups excluding carboxylic acids is 1. The van der Waals surface area contributed by atoms with Crippen molar-refractivity contribution in [2.75, 3.05) is 11.1 Å². The third kappa shape index (κ3) is 2.78. The molecule has 1 unspecified atom stereocenters. The maximum atomic E-state index is 14.3. The Bertz CT molecular complexity index is 1010. The van der Waals surface area contributed by atoms with Crippen molar-refractivity contribution in [1.82, 2.24) is 19.6 Å². The second kappa shape index (κ2) is 6.24. The van der Waals surface area contributed by atoms with Gasteiger partial charge in [-0.2, -0.15) is 10.2 Å². The monoisotopic (exact) mass is 375 g/mol. The Hall–Kier alpha value is -2.68. The predicted molar refractivity (Wildman–Crippen MR) is 94.4 cm³/mol. The van der Waals surface area contributed by atoms with Gasteiger partial charge >= 0.3 is 0 Å². The lowest BCUT2D eigenvalue weighted by Gasteiger charge is -2.13. The molecule has 134 valence electrons. The van der Waals surface area contributed by atoms with Gasteiger partial charge in [-0.1, -0.05) is 0 Å². The molecule has 0 saturated heterocycles. The van der Waals surface area contributed by atoms with E-state index in [0.717, 1.165) is 23.3 Å². The van der Waals surface area contributed by atoms with E-state index in [2.05, 4.69) is 15.5 Å². The number of thioether (sulfide) groups is 1. The van der Waals surface area contributed by atoms with Gasteiger partial charge in [-0.05, 0) is 19.1 Å². The SMILES string of the molecule is Cc1nn(-c2ccc(F)cc2F)c2c1C(c1cnn(C)c1)SCC(=O)N2. The molecule has 0 bridgehead atoms. The van der Waals surface area contributed by atoms with Gasteiger partial charge < -0.3 is 5.32 Å². The first-order valence-electron chi connectivity index (χ1n) is 7.89. The molecular weight excluding hydrogens is 360 g/mol. The third-order valence-electron chi connectivity index (χ3n) is 4.17. The topological polar surface area (TPSA) is 64.7 Å². The van der Waals surface area contributed by atoms with E-state index in [1.165, 1.54) is 22.5 Å². The molecular formula is C17H15F2N5OS. The lowest BCUT2D eigenvalue weighted by molar-refractivity contribution is -0.113. The molecule has 0 saturated carbocycles. The van der Waals surface area contributed by atoms with Crippen molar-refractivity contribution in [1.29, 1.82) is 0 Å². The van der Waals surface area contributed by atoms with Gasteiger partial charge in [0.2, 0.25) is 5.91 Å². The smallest absolute Gasteiger partial charge is 0.235 e. The number of rotatable bonds is 2. The zero-order valence-corrected chi connectivity index (χ0v) is 14.8. The molecule has 3 aromatic rings. The molecule has 1 aliphatic heterocycles. The maximum Gasteiger partial charge on any atom is 0.235 e. The van der Waals surface area contributed by atoms with E-state index in [1.54, 1.807) is 17.8 Å². The minimum Gasteiger partial charge on any atom is -0.310 e. The highest BCUT2D eigenvalue weighted by Crippen LogP contribution is 2.43. The number of nitrogens with zero attached hydrogens (tertiary/aromatic N) is 4. The van der Waals surface area contributed by atoms with Crippen molar-refractivity contribution in [3.8, 4) is 5.69 Å². The van der Waals surface area contributed by atoms with Crippen LogP contribution in [0.3, 0.4) is 0 Å². The molecule has 0 radical (unpaired) electrons. The maximum absolute atomic E-state index is 14.3. The van der Waals surface area contributed by atoms with Gasteiger partial charge in [0.15, 0.2) is 5.82 Å². The van der Waals surface area contributed by atoms with E-state index in [-0.39, 0.29) is 22.6 Å². The number of amides is 1. The minimum atomic E-state index is -0.751. The van der Waals surface area contributed by atoms with E-state index < -0.39 is 11.6 Å². The standard InChI is InChI=1S/C17H15F2N5OS/c1-9-15-16(10-6-20-23(2)7-10)26-8-14(25)21-17(15)24(22-9)13-4-3-11(18)5-12(13)19/h3-7,16H,8H2,1-2H3,(H,21,25). The van der Waals surface area contributed by atoms with E-state index >= 15 is 0 Å². The second-order valence-corrected chi connectivity index (χ2v) is 7.14. The Balaban J connectivity index is 1.91. The molecule has 26 heavy (non-hydrogen) atoms. The van der Waals surface area contributed by atoms with Gasteiger partial charge in [0, 0.05) is 30.4 Å². The van der Waals surface area contributed by atoms with Crippen LogP contribution < -0.4 is 5.32 Å². The van der Waals surface area contributed by atoms with Gasteiger partial charge in [0.1, 0.15) is 17.3 Å². The van der Waals surface area contributed by atoms with Crippen molar-refractivity contribution < 1.29 is 13.6 Å². The quantitative estimate of drug-likeness (QED) is 0.748. The van der Waals surface area contributed by atoms with Gasteiger partial charge in [-0.15, -0.1) is 11.8 Å². The predicted octanol–water partition coefficient (Wildman–Crippen LogP) is 2.97. The second-order valence-electron chi connectivity index (χ2n) is 6.04. The fraction of sp³-hybridized carbons (Fsp3) is 0.235. The summed E-state index contributed by atoms with van der Waals surface area (Å²) in [6.07, 6.45) is 3.62. The van der Waals surface area contributed by atoms with E-state index in [1.807, 2.05) is 13.2 Å². The summed E-state index contributed by atoms with van der Waals surface area (Å²) < 4.78 is 30.6. The molecule has 0 aliphatic carbocycles. The fourth-order valence-corrected chi connectivity index (χ4v) is 4.20. The Morgan fingerprint density at radius 3 is 2.85 bits per heavy atom. The van der Waals surface area contributed by atoms with Crippen LogP contribution in [0.15, 0.2) is 30.6 Å². The summed E-state index contributed by atoms with van der Waals surface area (Å²) in [6.45, 7) is 1.80. The average Bonchev–Trinajstić information content (AvgIpc) is 3.08. The summed E-state index contributed by atoms with van der Waals surface area (Å²) in [6, 6.07) is 3.26. The van der Waals surface area contributed by atoms with Crippen LogP contribution in [0.1, 0.15) is 22.1 Å². The summed E-state index contributed by atoms with van der Waals surface area (Å²) in [4.78, 5) is 12.2. The Morgan fingerprint density at radius 1 is 1.35 bits per heavy atom. The minimum absolute atomic E-state index is 0.0767. The fourth-order valence-electron chi connectivity index (χ4n) is 3.05. The van der Waals surface area contributed by atoms with Crippen LogP contribution in [-0.4, -0.2) is 31.2 Å². The molecule has 1 N–H and O–H groups in total. The summed E-state index contributed by atoms with van der Waals surface area (Å²) >= 11 is 1.46. The molecule has 1 amide bonds. The first-order chi connectivity index (χ1) is 12.4. The number of anilines is 1. The van der Waals surface area contributed by atoms with Gasteiger partial charge in [0.05, 0.1) is 22.9 Å². The number of hydrogen-bond acceptors (Lipinski definition) is 4. The molecule has 4 rings (SSSR count). The van der Waals surface area contributed by atoms with Crippen molar-refractivity contribution in [2.45, 2.75) is 12.2 Å². The van der Waals surface area contributed by atoms with Crippen molar-refractivity contribution in [3.05, 3.63) is 59.0 Å². The summed E-state index contributed by atoms with van der Waals surface area (Å²) in [7, 11) is 1.82. The number of aromatic nitrogens is 4. The van der Waals surface area contributed by atoms with E-state index in [0.29, 0.717) is 11.5 Å². The molecule has 3 heterocycles. The number of fused-ring (bicyclic) bond motifs is 1. The molecule has 0 spiro atoms. The van der Waals surface area contributed by atoms with Crippen molar-refractivity contribution >= 4 is 23.5 Å². The highest BCUT2D eigenvalue weighted by molar-refractivity contribution is 8.00. The van der Waals surface area contributed by atoms with Crippen LogP contribution in [0.25, 0.3) is 5.69 Å². The number of carbonyl (C=O) groups is 1. The summed E-state index contributed by atoms with van der Waals surface area (Å²) in [5.41, 5.74) is 2.45. The summed E-state index contributed by atoms with van der Waals surface area (Å²) in [5.74, 6) is -0.976.